The van der Waals surface area contributed by atoms with Crippen LogP contribution in [0.3, 0.4) is 0 Å². The van der Waals surface area contributed by atoms with Crippen molar-refractivity contribution in [2.45, 2.75) is 18.7 Å². The summed E-state index contributed by atoms with van der Waals surface area (Å²) < 4.78 is 0. The van der Waals surface area contributed by atoms with Crippen LogP contribution in [0, 0.1) is 11.3 Å². The first-order valence-corrected chi connectivity index (χ1v) is 5.61. The smallest absolute Gasteiger partial charge is 0.337 e. The third kappa shape index (κ3) is 2.37. The minimum Gasteiger partial charge on any atom is -0.478 e. The summed E-state index contributed by atoms with van der Waals surface area (Å²) in [5, 5.41) is 18.5. The highest BCUT2D eigenvalue weighted by Gasteiger charge is 2.14. The van der Waals surface area contributed by atoms with Crippen LogP contribution in [0.4, 0.5) is 0 Å². The van der Waals surface area contributed by atoms with E-state index in [0.717, 1.165) is 11.1 Å². The van der Waals surface area contributed by atoms with Crippen molar-refractivity contribution in [3.8, 4) is 6.07 Å². The Balaban J connectivity index is 3.48. The quantitative estimate of drug-likeness (QED) is 0.857. The minimum absolute atomic E-state index is 0.0892. The average molecular weight is 268 g/mol. The van der Waals surface area contributed by atoms with E-state index in [1.165, 1.54) is 6.07 Å². The van der Waals surface area contributed by atoms with E-state index in [1.54, 1.807) is 0 Å². The van der Waals surface area contributed by atoms with Gasteiger partial charge in [0.25, 0.3) is 0 Å². The van der Waals surface area contributed by atoms with Crippen LogP contribution in [0.1, 0.15) is 34.0 Å². The van der Waals surface area contributed by atoms with Gasteiger partial charge in [-0.1, -0.05) is 28.9 Å². The average Bonchev–Trinajstić information content (AvgIpc) is 2.26. The number of rotatable bonds is 3. The fourth-order valence-corrected chi connectivity index (χ4v) is 1.75. The van der Waals surface area contributed by atoms with E-state index in [2.05, 4.69) is 15.9 Å². The molecule has 0 amide bonds. The van der Waals surface area contributed by atoms with Crippen molar-refractivity contribution in [2.24, 2.45) is 0 Å². The molecule has 0 bridgehead atoms. The van der Waals surface area contributed by atoms with Crippen LogP contribution in [0.2, 0.25) is 0 Å². The lowest BCUT2D eigenvalue weighted by Crippen LogP contribution is -2.04. The molecule has 78 valence electrons. The number of carboxylic acids is 1. The molecular weight excluding hydrogens is 258 g/mol. The molecule has 1 N–H and O–H groups in total. The van der Waals surface area contributed by atoms with Gasteiger partial charge in [-0.25, -0.2) is 4.79 Å². The van der Waals surface area contributed by atoms with Crippen molar-refractivity contribution < 1.29 is 9.90 Å². The molecule has 0 aromatic heterocycles. The molecule has 1 aromatic carbocycles. The Morgan fingerprint density at radius 2 is 2.27 bits per heavy atom. The van der Waals surface area contributed by atoms with Crippen LogP contribution in [-0.2, 0) is 11.8 Å². The van der Waals surface area contributed by atoms with Crippen molar-refractivity contribution in [2.75, 3.05) is 0 Å². The number of nitrogens with zero attached hydrogens (tertiary/aromatic N) is 1. The lowest BCUT2D eigenvalue weighted by molar-refractivity contribution is 0.0696. The number of hydrogen-bond donors (Lipinski definition) is 1. The van der Waals surface area contributed by atoms with Crippen LogP contribution >= 0.6 is 15.9 Å². The molecule has 0 saturated heterocycles. The molecule has 0 radical (unpaired) electrons. The van der Waals surface area contributed by atoms with E-state index in [9.17, 15) is 4.79 Å². The van der Waals surface area contributed by atoms with E-state index in [1.807, 2.05) is 19.1 Å². The Hall–Kier alpha value is -1.34. The number of aryl methyl sites for hydroxylation is 1. The zero-order chi connectivity index (χ0) is 11.4. The van der Waals surface area contributed by atoms with Gasteiger partial charge in [-0.3, -0.25) is 0 Å². The molecule has 0 atom stereocenters. The summed E-state index contributed by atoms with van der Waals surface area (Å²) in [7, 11) is 0. The Morgan fingerprint density at radius 1 is 1.60 bits per heavy atom. The largest absolute Gasteiger partial charge is 0.478 e. The van der Waals surface area contributed by atoms with E-state index in [-0.39, 0.29) is 11.1 Å². The highest BCUT2D eigenvalue weighted by molar-refractivity contribution is 9.08. The van der Waals surface area contributed by atoms with E-state index < -0.39 is 5.97 Å². The van der Waals surface area contributed by atoms with Gasteiger partial charge < -0.3 is 5.11 Å². The number of halogens is 1. The van der Waals surface area contributed by atoms with Gasteiger partial charge in [0.15, 0.2) is 0 Å². The van der Waals surface area contributed by atoms with Gasteiger partial charge in [0.1, 0.15) is 6.07 Å². The molecule has 1 rings (SSSR count). The lowest BCUT2D eigenvalue weighted by Gasteiger charge is -2.07. The summed E-state index contributed by atoms with van der Waals surface area (Å²) >= 11 is 3.27. The third-order valence-corrected chi connectivity index (χ3v) is 2.80. The van der Waals surface area contributed by atoms with Gasteiger partial charge in [-0.2, -0.15) is 5.26 Å². The Labute approximate surface area is 96.5 Å². The van der Waals surface area contributed by atoms with Crippen molar-refractivity contribution >= 4 is 21.9 Å². The van der Waals surface area contributed by atoms with Crippen molar-refractivity contribution in [1.29, 1.82) is 5.26 Å². The third-order valence-electron chi connectivity index (χ3n) is 2.16. The summed E-state index contributed by atoms with van der Waals surface area (Å²) in [5.41, 5.74) is 2.02. The normalized spacial score (nSPS) is 9.67. The highest BCUT2D eigenvalue weighted by Crippen LogP contribution is 2.19. The van der Waals surface area contributed by atoms with E-state index in [0.29, 0.717) is 11.8 Å². The first kappa shape index (κ1) is 11.7. The zero-order valence-corrected chi connectivity index (χ0v) is 9.84. The van der Waals surface area contributed by atoms with E-state index >= 15 is 0 Å². The summed E-state index contributed by atoms with van der Waals surface area (Å²) in [6, 6.07) is 5.35. The summed E-state index contributed by atoms with van der Waals surface area (Å²) in [5.74, 6) is -1.05. The number of carboxylic acid groups (broad SMARTS) is 1. The molecule has 1 aromatic rings. The molecule has 0 fully saturated rings. The predicted octanol–water partition coefficient (Wildman–Crippen LogP) is 2.71. The molecule has 15 heavy (non-hydrogen) atoms. The lowest BCUT2D eigenvalue weighted by atomic mass is 9.97. The number of aromatic carboxylic acids is 1. The van der Waals surface area contributed by atoms with Crippen molar-refractivity contribution in [3.05, 3.63) is 34.4 Å². The molecule has 0 spiro atoms. The zero-order valence-electron chi connectivity index (χ0n) is 8.25. The molecule has 0 aliphatic rings. The van der Waals surface area contributed by atoms with E-state index in [4.69, 9.17) is 10.4 Å². The van der Waals surface area contributed by atoms with Crippen LogP contribution in [0.5, 0.6) is 0 Å². The molecule has 0 saturated carbocycles. The van der Waals surface area contributed by atoms with Crippen LogP contribution < -0.4 is 0 Å². The molecular formula is C11H10BrNO2. The summed E-state index contributed by atoms with van der Waals surface area (Å²) in [6.07, 6.45) is 0.657. The number of nitriles is 1. The highest BCUT2D eigenvalue weighted by atomic mass is 79.9. The monoisotopic (exact) mass is 267 g/mol. The fourth-order valence-electron chi connectivity index (χ4n) is 1.42. The Kier molecular flexibility index (Phi) is 3.87. The molecule has 4 heteroatoms. The van der Waals surface area contributed by atoms with Crippen molar-refractivity contribution in [1.82, 2.24) is 0 Å². The molecule has 0 heterocycles. The number of benzene rings is 1. The molecule has 0 aliphatic carbocycles. The first-order valence-electron chi connectivity index (χ1n) is 4.49. The predicted molar refractivity (Wildman–Crippen MR) is 60.1 cm³/mol. The maximum atomic E-state index is 11.0. The topological polar surface area (TPSA) is 61.1 Å². The second kappa shape index (κ2) is 4.94. The summed E-state index contributed by atoms with van der Waals surface area (Å²) in [4.78, 5) is 11.0. The minimum atomic E-state index is -1.05. The van der Waals surface area contributed by atoms with Gasteiger partial charge in [-0.05, 0) is 23.6 Å². The molecule has 0 unspecified atom stereocenters. The number of carbonyl (C=O) groups is 1. The van der Waals surface area contributed by atoms with Crippen LogP contribution in [0.25, 0.3) is 0 Å². The number of alkyl halides is 1. The standard InChI is InChI=1S/C11H10BrNO2/c1-2-8-3-7(5-12)4-9(11(14)15)10(8)6-13/h3-4H,2,5H2,1H3,(H,14,15). The first-order chi connectivity index (χ1) is 7.13. The maximum Gasteiger partial charge on any atom is 0.337 e. The molecule has 3 nitrogen and oxygen atoms in total. The second-order valence-electron chi connectivity index (χ2n) is 3.08. The summed E-state index contributed by atoms with van der Waals surface area (Å²) in [6.45, 7) is 1.90. The SMILES string of the molecule is CCc1cc(CBr)cc(C(=O)O)c1C#N. The van der Waals surface area contributed by atoms with Crippen LogP contribution in [-0.4, -0.2) is 11.1 Å². The van der Waals surface area contributed by atoms with Crippen molar-refractivity contribution in [3.63, 3.8) is 0 Å². The van der Waals surface area contributed by atoms with Crippen LogP contribution in [0.15, 0.2) is 12.1 Å². The molecule has 0 aliphatic heterocycles. The Bertz CT molecular complexity index is 435. The second-order valence-corrected chi connectivity index (χ2v) is 3.64. The van der Waals surface area contributed by atoms with Gasteiger partial charge in [-0.15, -0.1) is 0 Å². The Morgan fingerprint density at radius 3 is 2.67 bits per heavy atom. The maximum absolute atomic E-state index is 11.0. The van der Waals surface area contributed by atoms with Gasteiger partial charge in [0, 0.05) is 5.33 Å². The number of hydrogen-bond acceptors (Lipinski definition) is 2. The van der Waals surface area contributed by atoms with Gasteiger partial charge in [0.2, 0.25) is 0 Å². The fraction of sp³-hybridized carbons (Fsp3) is 0.273. The van der Waals surface area contributed by atoms with Gasteiger partial charge >= 0.3 is 5.97 Å². The van der Waals surface area contributed by atoms with Gasteiger partial charge in [0.05, 0.1) is 11.1 Å².